The van der Waals surface area contributed by atoms with Crippen LogP contribution in [0, 0.1) is 5.41 Å². The lowest BCUT2D eigenvalue weighted by atomic mass is 10.2. The molecule has 19 heavy (non-hydrogen) atoms. The van der Waals surface area contributed by atoms with Gasteiger partial charge in [-0.1, -0.05) is 24.3 Å². The summed E-state index contributed by atoms with van der Waals surface area (Å²) in [7, 11) is 0. The molecule has 3 aromatic rings. The second kappa shape index (κ2) is 4.53. The zero-order valence-electron chi connectivity index (χ0n) is 10.2. The molecule has 3 rings (SSSR count). The van der Waals surface area contributed by atoms with Crippen LogP contribution in [-0.2, 0) is 6.54 Å². The summed E-state index contributed by atoms with van der Waals surface area (Å²) in [5.74, 6) is -0.0128. The Hall–Kier alpha value is -2.69. The highest BCUT2D eigenvalue weighted by Crippen LogP contribution is 2.18. The summed E-state index contributed by atoms with van der Waals surface area (Å²) in [5.41, 5.74) is 8.14. The smallest absolute Gasteiger partial charge is 0.144 e. The first-order chi connectivity index (χ1) is 9.25. The normalized spacial score (nSPS) is 10.7. The number of benzene rings is 1. The Balaban J connectivity index is 2.11. The average Bonchev–Trinajstić information content (AvgIpc) is 2.79. The van der Waals surface area contributed by atoms with Crippen molar-refractivity contribution in [2.75, 3.05) is 0 Å². The van der Waals surface area contributed by atoms with Crippen molar-refractivity contribution in [3.63, 3.8) is 0 Å². The van der Waals surface area contributed by atoms with E-state index in [0.717, 1.165) is 16.5 Å². The van der Waals surface area contributed by atoms with E-state index < -0.39 is 0 Å². The molecule has 0 aliphatic rings. The Kier molecular flexibility index (Phi) is 2.72. The summed E-state index contributed by atoms with van der Waals surface area (Å²) >= 11 is 0. The van der Waals surface area contributed by atoms with E-state index in [4.69, 9.17) is 11.1 Å². The number of nitrogen functional groups attached to an aromatic ring is 1. The van der Waals surface area contributed by atoms with Crippen LogP contribution in [-0.4, -0.2) is 20.6 Å². The number of nitrogens with one attached hydrogen (secondary N) is 1. The summed E-state index contributed by atoms with van der Waals surface area (Å²) in [6.45, 7) is 0.613. The molecule has 0 bridgehead atoms. The van der Waals surface area contributed by atoms with Gasteiger partial charge >= 0.3 is 0 Å². The molecule has 0 saturated heterocycles. The number of hydrogen-bond acceptors (Lipinski definition) is 3. The monoisotopic (exact) mass is 251 g/mol. The van der Waals surface area contributed by atoms with Gasteiger partial charge < -0.3 is 5.73 Å². The molecule has 3 N–H and O–H groups in total. The van der Waals surface area contributed by atoms with Crippen molar-refractivity contribution in [2.45, 2.75) is 6.54 Å². The molecule has 0 unspecified atom stereocenters. The Morgan fingerprint density at radius 2 is 2.05 bits per heavy atom. The Bertz CT molecular complexity index is 730. The standard InChI is InChI=1S/C14H13N5/c15-14(16)13-11-5-1-2-6-12(11)19(18-13)9-10-4-3-7-17-8-10/h1-8H,9H2,(H3,15,16). The highest BCUT2D eigenvalue weighted by atomic mass is 15.3. The van der Waals surface area contributed by atoms with E-state index in [1.165, 1.54) is 0 Å². The van der Waals surface area contributed by atoms with Crippen LogP contribution < -0.4 is 5.73 Å². The zero-order chi connectivity index (χ0) is 13.2. The number of aromatic nitrogens is 3. The molecule has 1 aromatic carbocycles. The van der Waals surface area contributed by atoms with Crippen LogP contribution in [0.2, 0.25) is 0 Å². The Labute approximate surface area is 110 Å². The molecule has 0 aliphatic carbocycles. The summed E-state index contributed by atoms with van der Waals surface area (Å²) in [6.07, 6.45) is 3.55. The number of hydrogen-bond donors (Lipinski definition) is 2. The van der Waals surface area contributed by atoms with Crippen molar-refractivity contribution in [1.29, 1.82) is 5.41 Å². The van der Waals surface area contributed by atoms with Gasteiger partial charge in [0.05, 0.1) is 12.1 Å². The van der Waals surface area contributed by atoms with E-state index in [1.807, 2.05) is 47.3 Å². The SMILES string of the molecule is N=C(N)c1nn(Cc2cccnc2)c2ccccc12. The first kappa shape index (κ1) is 11.4. The van der Waals surface area contributed by atoms with E-state index in [-0.39, 0.29) is 5.84 Å². The molecule has 0 fully saturated rings. The van der Waals surface area contributed by atoms with Crippen molar-refractivity contribution in [3.8, 4) is 0 Å². The van der Waals surface area contributed by atoms with E-state index in [0.29, 0.717) is 12.2 Å². The molecule has 5 heteroatoms. The van der Waals surface area contributed by atoms with Crippen LogP contribution in [0.1, 0.15) is 11.3 Å². The average molecular weight is 251 g/mol. The fourth-order valence-corrected chi connectivity index (χ4v) is 2.11. The van der Waals surface area contributed by atoms with Gasteiger partial charge in [-0.15, -0.1) is 0 Å². The molecule has 0 amide bonds. The largest absolute Gasteiger partial charge is 0.382 e. The second-order valence-corrected chi connectivity index (χ2v) is 4.30. The van der Waals surface area contributed by atoms with Gasteiger partial charge in [0, 0.05) is 17.8 Å². The molecule has 0 atom stereocenters. The summed E-state index contributed by atoms with van der Waals surface area (Å²) in [4.78, 5) is 4.09. The third kappa shape index (κ3) is 2.06. The Morgan fingerprint density at radius 1 is 1.21 bits per heavy atom. The van der Waals surface area contributed by atoms with Crippen LogP contribution in [0.5, 0.6) is 0 Å². The summed E-state index contributed by atoms with van der Waals surface area (Å²) in [5, 5.41) is 12.9. The second-order valence-electron chi connectivity index (χ2n) is 4.30. The minimum Gasteiger partial charge on any atom is -0.382 e. The first-order valence-corrected chi connectivity index (χ1v) is 5.94. The van der Waals surface area contributed by atoms with Crippen LogP contribution in [0.4, 0.5) is 0 Å². The van der Waals surface area contributed by atoms with E-state index in [9.17, 15) is 0 Å². The number of amidine groups is 1. The number of nitrogens with zero attached hydrogens (tertiary/aromatic N) is 3. The number of pyridine rings is 1. The minimum atomic E-state index is -0.0128. The molecule has 2 aromatic heterocycles. The van der Waals surface area contributed by atoms with Crippen LogP contribution in [0.25, 0.3) is 10.9 Å². The van der Waals surface area contributed by atoms with Gasteiger partial charge in [-0.3, -0.25) is 15.1 Å². The van der Waals surface area contributed by atoms with Gasteiger partial charge in [0.25, 0.3) is 0 Å². The maximum absolute atomic E-state index is 7.60. The molecular weight excluding hydrogens is 238 g/mol. The van der Waals surface area contributed by atoms with Crippen LogP contribution in [0.15, 0.2) is 48.8 Å². The maximum Gasteiger partial charge on any atom is 0.144 e. The van der Waals surface area contributed by atoms with Gasteiger partial charge in [-0.25, -0.2) is 0 Å². The van der Waals surface area contributed by atoms with E-state index >= 15 is 0 Å². The number of nitrogens with two attached hydrogens (primary N) is 1. The number of para-hydroxylation sites is 1. The van der Waals surface area contributed by atoms with E-state index in [2.05, 4.69) is 10.1 Å². The number of rotatable bonds is 3. The zero-order valence-corrected chi connectivity index (χ0v) is 10.2. The molecule has 0 saturated carbocycles. The van der Waals surface area contributed by atoms with Gasteiger partial charge in [0.2, 0.25) is 0 Å². The lowest BCUT2D eigenvalue weighted by Gasteiger charge is -2.02. The highest BCUT2D eigenvalue weighted by molar-refractivity contribution is 6.05. The lowest BCUT2D eigenvalue weighted by molar-refractivity contribution is 0.707. The summed E-state index contributed by atoms with van der Waals surface area (Å²) in [6, 6.07) is 11.7. The molecule has 2 heterocycles. The minimum absolute atomic E-state index is 0.0128. The topological polar surface area (TPSA) is 80.6 Å². The fourth-order valence-electron chi connectivity index (χ4n) is 2.11. The van der Waals surface area contributed by atoms with Gasteiger partial charge in [0.1, 0.15) is 11.5 Å². The predicted octanol–water partition coefficient (Wildman–Crippen LogP) is 1.76. The fraction of sp³-hybridized carbons (Fsp3) is 0.0714. The van der Waals surface area contributed by atoms with Crippen LogP contribution >= 0.6 is 0 Å². The van der Waals surface area contributed by atoms with Crippen molar-refractivity contribution in [1.82, 2.24) is 14.8 Å². The Morgan fingerprint density at radius 3 is 2.79 bits per heavy atom. The van der Waals surface area contributed by atoms with Gasteiger partial charge in [-0.2, -0.15) is 5.10 Å². The molecular formula is C14H13N5. The molecule has 0 spiro atoms. The lowest BCUT2D eigenvalue weighted by Crippen LogP contribution is -2.13. The highest BCUT2D eigenvalue weighted by Gasteiger charge is 2.12. The molecule has 0 aliphatic heterocycles. The van der Waals surface area contributed by atoms with Crippen molar-refractivity contribution >= 4 is 16.7 Å². The van der Waals surface area contributed by atoms with Crippen molar-refractivity contribution in [3.05, 3.63) is 60.0 Å². The van der Waals surface area contributed by atoms with Crippen molar-refractivity contribution < 1.29 is 0 Å². The number of fused-ring (bicyclic) bond motifs is 1. The van der Waals surface area contributed by atoms with Gasteiger partial charge in [-0.05, 0) is 17.7 Å². The summed E-state index contributed by atoms with van der Waals surface area (Å²) < 4.78 is 1.85. The van der Waals surface area contributed by atoms with Gasteiger partial charge in [0.15, 0.2) is 0 Å². The van der Waals surface area contributed by atoms with E-state index in [1.54, 1.807) is 6.20 Å². The molecule has 5 nitrogen and oxygen atoms in total. The predicted molar refractivity (Wildman–Crippen MR) is 74.1 cm³/mol. The first-order valence-electron chi connectivity index (χ1n) is 5.94. The van der Waals surface area contributed by atoms with Crippen LogP contribution in [0.3, 0.4) is 0 Å². The van der Waals surface area contributed by atoms with Crippen molar-refractivity contribution in [2.24, 2.45) is 5.73 Å². The maximum atomic E-state index is 7.60. The molecule has 0 radical (unpaired) electrons. The molecule has 94 valence electrons. The quantitative estimate of drug-likeness (QED) is 0.550. The third-order valence-electron chi connectivity index (χ3n) is 2.97. The third-order valence-corrected chi connectivity index (χ3v) is 2.97.